The highest BCUT2D eigenvalue weighted by Gasteiger charge is 1.93. The Morgan fingerprint density at radius 1 is 1.86 bits per heavy atom. The van der Waals surface area contributed by atoms with E-state index in [9.17, 15) is 0 Å². The average molecular weight is 118 g/mol. The highest BCUT2D eigenvalue weighted by atomic mass is 32.1. The van der Waals surface area contributed by atoms with Crippen molar-refractivity contribution in [1.82, 2.24) is 0 Å². The van der Waals surface area contributed by atoms with Crippen LogP contribution in [0.1, 0.15) is 13.8 Å². The van der Waals surface area contributed by atoms with Crippen LogP contribution in [0.2, 0.25) is 0 Å². The quantitative estimate of drug-likeness (QED) is 0.397. The summed E-state index contributed by atoms with van der Waals surface area (Å²) in [4.78, 5) is 0. The molecule has 0 aliphatic rings. The third-order valence-electron chi connectivity index (χ3n) is 0.863. The highest BCUT2D eigenvalue weighted by molar-refractivity contribution is 7.81. The van der Waals surface area contributed by atoms with E-state index in [1.807, 2.05) is 13.8 Å². The van der Waals surface area contributed by atoms with E-state index in [1.165, 1.54) is 0 Å². The van der Waals surface area contributed by atoms with Crippen LogP contribution in [0, 0.1) is 0 Å². The maximum absolute atomic E-state index is 8.29. The van der Waals surface area contributed by atoms with Crippen LogP contribution in [0.25, 0.3) is 0 Å². The normalized spacial score (nSPS) is 16.7. The molecule has 0 fully saturated rings. The Morgan fingerprint density at radius 3 is 2.29 bits per heavy atom. The molecule has 0 spiro atoms. The minimum Gasteiger partial charge on any atom is -0.516 e. The van der Waals surface area contributed by atoms with Crippen LogP contribution in [-0.4, -0.2) is 10.4 Å². The molecule has 0 amide bonds. The van der Waals surface area contributed by atoms with Crippen molar-refractivity contribution in [1.29, 1.82) is 0 Å². The van der Waals surface area contributed by atoms with Gasteiger partial charge in [0.05, 0.1) is 6.26 Å². The van der Waals surface area contributed by atoms with Crippen molar-refractivity contribution in [3.63, 3.8) is 0 Å². The van der Waals surface area contributed by atoms with E-state index in [4.69, 9.17) is 5.11 Å². The standard InChI is InChI=1S/C5H10OS/c1-4(3-6)5(2)7/h3,5-7H,1-2H3/b4-3-. The monoisotopic (exact) mass is 118 g/mol. The molecule has 0 aliphatic carbocycles. The molecule has 1 N–H and O–H groups in total. The van der Waals surface area contributed by atoms with Gasteiger partial charge in [0.2, 0.25) is 0 Å². The van der Waals surface area contributed by atoms with Crippen molar-refractivity contribution >= 4 is 12.6 Å². The van der Waals surface area contributed by atoms with E-state index in [1.54, 1.807) is 0 Å². The Balaban J connectivity index is 3.56. The molecule has 0 aromatic carbocycles. The van der Waals surface area contributed by atoms with Crippen LogP contribution >= 0.6 is 12.6 Å². The van der Waals surface area contributed by atoms with E-state index in [0.717, 1.165) is 11.8 Å². The topological polar surface area (TPSA) is 20.2 Å². The first-order valence-corrected chi connectivity index (χ1v) is 2.69. The minimum absolute atomic E-state index is 0.171. The molecule has 0 saturated heterocycles. The first kappa shape index (κ1) is 6.89. The Morgan fingerprint density at radius 2 is 2.29 bits per heavy atom. The number of aliphatic hydroxyl groups excluding tert-OH is 1. The van der Waals surface area contributed by atoms with Gasteiger partial charge in [-0.1, -0.05) is 0 Å². The van der Waals surface area contributed by atoms with E-state index in [0.29, 0.717) is 0 Å². The predicted molar refractivity (Wildman–Crippen MR) is 34.8 cm³/mol. The molecule has 2 heteroatoms. The molecule has 1 nitrogen and oxygen atoms in total. The largest absolute Gasteiger partial charge is 0.516 e. The van der Waals surface area contributed by atoms with Gasteiger partial charge in [-0.3, -0.25) is 0 Å². The Labute approximate surface area is 49.5 Å². The lowest BCUT2D eigenvalue weighted by Crippen LogP contribution is -1.90. The van der Waals surface area contributed by atoms with Gasteiger partial charge in [0.1, 0.15) is 0 Å². The SMILES string of the molecule is C/C(=C/O)C(C)S. The summed E-state index contributed by atoms with van der Waals surface area (Å²) in [6, 6.07) is 0. The third-order valence-corrected chi connectivity index (χ3v) is 1.27. The molecule has 0 bridgehead atoms. The molecular weight excluding hydrogens is 108 g/mol. The molecule has 0 aromatic heterocycles. The summed E-state index contributed by atoms with van der Waals surface area (Å²) in [6.07, 6.45) is 1.08. The maximum Gasteiger partial charge on any atom is 0.0791 e. The summed E-state index contributed by atoms with van der Waals surface area (Å²) in [7, 11) is 0. The molecule has 1 atom stereocenters. The first-order valence-electron chi connectivity index (χ1n) is 2.17. The molecule has 0 radical (unpaired) electrons. The van der Waals surface area contributed by atoms with Gasteiger partial charge >= 0.3 is 0 Å². The van der Waals surface area contributed by atoms with Crippen molar-refractivity contribution in [2.24, 2.45) is 0 Å². The van der Waals surface area contributed by atoms with Crippen LogP contribution in [-0.2, 0) is 0 Å². The van der Waals surface area contributed by atoms with E-state index in [2.05, 4.69) is 12.6 Å². The lowest BCUT2D eigenvalue weighted by molar-refractivity contribution is 0.466. The minimum atomic E-state index is 0.171. The fraction of sp³-hybridized carbons (Fsp3) is 0.600. The molecular formula is C5H10OS. The summed E-state index contributed by atoms with van der Waals surface area (Å²) in [5, 5.41) is 8.47. The summed E-state index contributed by atoms with van der Waals surface area (Å²) >= 11 is 4.04. The van der Waals surface area contributed by atoms with Crippen LogP contribution in [0.5, 0.6) is 0 Å². The molecule has 7 heavy (non-hydrogen) atoms. The zero-order valence-corrected chi connectivity index (χ0v) is 5.44. The summed E-state index contributed by atoms with van der Waals surface area (Å²) < 4.78 is 0. The van der Waals surface area contributed by atoms with Crippen LogP contribution in [0.15, 0.2) is 11.8 Å². The summed E-state index contributed by atoms with van der Waals surface area (Å²) in [5.74, 6) is 0. The molecule has 0 aliphatic heterocycles. The molecule has 0 saturated carbocycles. The van der Waals surface area contributed by atoms with E-state index in [-0.39, 0.29) is 5.25 Å². The van der Waals surface area contributed by atoms with Gasteiger partial charge in [-0.05, 0) is 19.4 Å². The molecule has 0 heterocycles. The van der Waals surface area contributed by atoms with Crippen molar-refractivity contribution in [2.75, 3.05) is 0 Å². The Kier molecular flexibility index (Phi) is 2.92. The zero-order valence-electron chi connectivity index (χ0n) is 4.55. The van der Waals surface area contributed by atoms with Crippen molar-refractivity contribution < 1.29 is 5.11 Å². The second-order valence-electron chi connectivity index (χ2n) is 1.55. The van der Waals surface area contributed by atoms with Gasteiger partial charge in [-0.15, -0.1) is 0 Å². The smallest absolute Gasteiger partial charge is 0.0791 e. The van der Waals surface area contributed by atoms with Gasteiger partial charge < -0.3 is 5.11 Å². The number of thiol groups is 1. The fourth-order valence-corrected chi connectivity index (χ4v) is 0.175. The predicted octanol–water partition coefficient (Wildman–Crippen LogP) is 1.77. The summed E-state index contributed by atoms with van der Waals surface area (Å²) in [5.41, 5.74) is 0.892. The first-order chi connectivity index (χ1) is 3.18. The molecule has 42 valence electrons. The Hall–Kier alpha value is -0.110. The van der Waals surface area contributed by atoms with Crippen LogP contribution < -0.4 is 0 Å². The Bertz CT molecular complexity index is 76.1. The maximum atomic E-state index is 8.29. The number of aliphatic hydroxyl groups is 1. The zero-order chi connectivity index (χ0) is 5.86. The number of rotatable bonds is 1. The molecule has 0 rings (SSSR count). The van der Waals surface area contributed by atoms with Crippen LogP contribution in [0.3, 0.4) is 0 Å². The van der Waals surface area contributed by atoms with E-state index < -0.39 is 0 Å². The van der Waals surface area contributed by atoms with Crippen LogP contribution in [0.4, 0.5) is 0 Å². The molecule has 1 unspecified atom stereocenters. The summed E-state index contributed by atoms with van der Waals surface area (Å²) in [6.45, 7) is 3.74. The van der Waals surface area contributed by atoms with Gasteiger partial charge in [0.15, 0.2) is 0 Å². The second kappa shape index (κ2) is 2.97. The van der Waals surface area contributed by atoms with E-state index >= 15 is 0 Å². The number of hydrogen-bond acceptors (Lipinski definition) is 2. The van der Waals surface area contributed by atoms with Gasteiger partial charge in [0, 0.05) is 5.25 Å². The van der Waals surface area contributed by atoms with Crippen molar-refractivity contribution in [3.05, 3.63) is 11.8 Å². The number of hydrogen-bond donors (Lipinski definition) is 2. The lowest BCUT2D eigenvalue weighted by Gasteiger charge is -1.98. The molecule has 0 aromatic rings. The highest BCUT2D eigenvalue weighted by Crippen LogP contribution is 2.04. The third kappa shape index (κ3) is 2.57. The average Bonchev–Trinajstić information content (AvgIpc) is 1.65. The van der Waals surface area contributed by atoms with Gasteiger partial charge in [0.25, 0.3) is 0 Å². The van der Waals surface area contributed by atoms with Crippen molar-refractivity contribution in [3.8, 4) is 0 Å². The van der Waals surface area contributed by atoms with Crippen molar-refractivity contribution in [2.45, 2.75) is 19.1 Å². The second-order valence-corrected chi connectivity index (χ2v) is 2.32. The lowest BCUT2D eigenvalue weighted by atomic mass is 10.3. The fourth-order valence-electron chi connectivity index (χ4n) is 0.108. The van der Waals surface area contributed by atoms with Gasteiger partial charge in [-0.2, -0.15) is 12.6 Å². The van der Waals surface area contributed by atoms with Gasteiger partial charge in [-0.25, -0.2) is 0 Å².